The Morgan fingerprint density at radius 1 is 1.00 bits per heavy atom. The Labute approximate surface area is 174 Å². The van der Waals surface area contributed by atoms with Gasteiger partial charge in [-0.15, -0.1) is 12.4 Å². The Kier molecular flexibility index (Phi) is 8.10. The fourth-order valence-electron chi connectivity index (χ4n) is 3.27. The molecule has 1 aromatic heterocycles. The lowest BCUT2D eigenvalue weighted by Crippen LogP contribution is -2.46. The number of halogens is 1. The fourth-order valence-corrected chi connectivity index (χ4v) is 4.31. The zero-order valence-corrected chi connectivity index (χ0v) is 18.1. The molecule has 0 unspecified atom stereocenters. The maximum atomic E-state index is 12.5. The summed E-state index contributed by atoms with van der Waals surface area (Å²) >= 11 is 0. The van der Waals surface area contributed by atoms with Crippen LogP contribution in [0.3, 0.4) is 0 Å². The third-order valence-corrected chi connectivity index (χ3v) is 6.28. The lowest BCUT2D eigenvalue weighted by atomic mass is 10.2. The number of benzene rings is 1. The van der Waals surface area contributed by atoms with Crippen LogP contribution in [0.15, 0.2) is 47.5 Å². The van der Waals surface area contributed by atoms with E-state index in [4.69, 9.17) is 0 Å². The number of nitrogens with one attached hydrogen (secondary N) is 1. The van der Waals surface area contributed by atoms with Gasteiger partial charge in [-0.25, -0.2) is 13.4 Å². The second-order valence-electron chi connectivity index (χ2n) is 6.84. The van der Waals surface area contributed by atoms with Gasteiger partial charge in [0.25, 0.3) is 10.0 Å². The van der Waals surface area contributed by atoms with E-state index in [1.165, 1.54) is 6.42 Å². The number of aromatic nitrogens is 1. The molecule has 1 N–H and O–H groups in total. The quantitative estimate of drug-likeness (QED) is 0.737. The van der Waals surface area contributed by atoms with Crippen molar-refractivity contribution in [2.75, 3.05) is 42.3 Å². The van der Waals surface area contributed by atoms with Gasteiger partial charge in [-0.3, -0.25) is 9.62 Å². The largest absolute Gasteiger partial charge is 0.354 e. The molecule has 0 amide bonds. The molecule has 2 heterocycles. The van der Waals surface area contributed by atoms with E-state index < -0.39 is 10.0 Å². The normalized spacial score (nSPS) is 15.1. The molecule has 0 aliphatic carbocycles. The predicted molar refractivity (Wildman–Crippen MR) is 117 cm³/mol. The van der Waals surface area contributed by atoms with Gasteiger partial charge >= 0.3 is 0 Å². The number of pyridine rings is 1. The van der Waals surface area contributed by atoms with E-state index in [0.29, 0.717) is 5.69 Å². The minimum atomic E-state index is -3.60. The summed E-state index contributed by atoms with van der Waals surface area (Å²) in [6, 6.07) is 10.6. The molecule has 0 saturated carbocycles. The fraction of sp³-hybridized carbons (Fsp3) is 0.450. The van der Waals surface area contributed by atoms with E-state index in [-0.39, 0.29) is 17.3 Å². The summed E-state index contributed by atoms with van der Waals surface area (Å²) < 4.78 is 27.7. The Morgan fingerprint density at radius 3 is 2.21 bits per heavy atom. The van der Waals surface area contributed by atoms with Gasteiger partial charge in [0.05, 0.1) is 16.8 Å². The monoisotopic (exact) mass is 424 g/mol. The van der Waals surface area contributed by atoms with E-state index in [2.05, 4.69) is 26.4 Å². The molecule has 1 fully saturated rings. The number of piperazine rings is 1. The van der Waals surface area contributed by atoms with Gasteiger partial charge in [0.15, 0.2) is 0 Å². The average Bonchev–Trinajstić information content (AvgIpc) is 2.69. The molecule has 1 aromatic carbocycles. The lowest BCUT2D eigenvalue weighted by molar-refractivity contribution is 0.258. The van der Waals surface area contributed by atoms with Crippen LogP contribution in [0.4, 0.5) is 11.5 Å². The summed E-state index contributed by atoms with van der Waals surface area (Å²) in [5.41, 5.74) is 1.59. The standard InChI is InChI=1S/C20H28N4O2S.ClH/c1-3-11-23-12-14-24(15-13-23)20-10-7-18(16-21-20)22-27(25,26)19-8-5-17(4-2)6-9-19;/h5-10,16,22H,3-4,11-15H2,1-2H3;1H. The first-order chi connectivity index (χ1) is 13.0. The van der Waals surface area contributed by atoms with E-state index in [1.54, 1.807) is 24.4 Å². The Hall–Kier alpha value is -1.83. The van der Waals surface area contributed by atoms with E-state index in [0.717, 1.165) is 50.5 Å². The second-order valence-corrected chi connectivity index (χ2v) is 8.52. The number of hydrogen-bond acceptors (Lipinski definition) is 5. The first-order valence-corrected chi connectivity index (χ1v) is 11.0. The molecule has 1 saturated heterocycles. The molecule has 6 nitrogen and oxygen atoms in total. The molecule has 1 aliphatic heterocycles. The number of nitrogens with zero attached hydrogens (tertiary/aromatic N) is 3. The Balaban J connectivity index is 0.00000280. The van der Waals surface area contributed by atoms with Crippen molar-refractivity contribution in [3.63, 3.8) is 0 Å². The van der Waals surface area contributed by atoms with Gasteiger partial charge in [0, 0.05) is 26.2 Å². The zero-order valence-electron chi connectivity index (χ0n) is 16.5. The molecular weight excluding hydrogens is 396 g/mol. The van der Waals surface area contributed by atoms with Gasteiger partial charge in [0.1, 0.15) is 5.82 Å². The van der Waals surface area contributed by atoms with Gasteiger partial charge in [-0.05, 0) is 49.2 Å². The molecule has 0 radical (unpaired) electrons. The number of sulfonamides is 1. The summed E-state index contributed by atoms with van der Waals surface area (Å²) in [4.78, 5) is 9.42. The van der Waals surface area contributed by atoms with Crippen molar-refractivity contribution >= 4 is 33.9 Å². The highest BCUT2D eigenvalue weighted by Gasteiger charge is 2.18. The topological polar surface area (TPSA) is 65.5 Å². The van der Waals surface area contributed by atoms with Crippen LogP contribution < -0.4 is 9.62 Å². The summed E-state index contributed by atoms with van der Waals surface area (Å²) in [5.74, 6) is 0.890. The maximum Gasteiger partial charge on any atom is 0.261 e. The van der Waals surface area contributed by atoms with Crippen molar-refractivity contribution in [2.24, 2.45) is 0 Å². The summed E-state index contributed by atoms with van der Waals surface area (Å²) in [6.07, 6.45) is 3.64. The van der Waals surface area contributed by atoms with Crippen molar-refractivity contribution < 1.29 is 8.42 Å². The van der Waals surface area contributed by atoms with Crippen LogP contribution in [0.2, 0.25) is 0 Å². The highest BCUT2D eigenvalue weighted by molar-refractivity contribution is 7.92. The maximum absolute atomic E-state index is 12.5. The van der Waals surface area contributed by atoms with Crippen LogP contribution in [-0.2, 0) is 16.4 Å². The third-order valence-electron chi connectivity index (χ3n) is 4.88. The molecule has 0 spiro atoms. The number of anilines is 2. The number of aryl methyl sites for hydroxylation is 1. The Bertz CT molecular complexity index is 834. The van der Waals surface area contributed by atoms with Crippen molar-refractivity contribution in [3.05, 3.63) is 48.2 Å². The van der Waals surface area contributed by atoms with Gasteiger partial charge in [0.2, 0.25) is 0 Å². The van der Waals surface area contributed by atoms with Crippen LogP contribution in [0, 0.1) is 0 Å². The first-order valence-electron chi connectivity index (χ1n) is 9.57. The van der Waals surface area contributed by atoms with Crippen molar-refractivity contribution in [1.82, 2.24) is 9.88 Å². The minimum Gasteiger partial charge on any atom is -0.354 e. The molecule has 0 atom stereocenters. The van der Waals surface area contributed by atoms with E-state index in [9.17, 15) is 8.42 Å². The van der Waals surface area contributed by atoms with Gasteiger partial charge in [-0.1, -0.05) is 26.0 Å². The average molecular weight is 425 g/mol. The molecule has 154 valence electrons. The van der Waals surface area contributed by atoms with Gasteiger partial charge in [-0.2, -0.15) is 0 Å². The lowest BCUT2D eigenvalue weighted by Gasteiger charge is -2.35. The molecule has 0 bridgehead atoms. The first kappa shape index (κ1) is 22.5. The molecule has 1 aliphatic rings. The van der Waals surface area contributed by atoms with Crippen LogP contribution in [-0.4, -0.2) is 51.0 Å². The van der Waals surface area contributed by atoms with Crippen molar-refractivity contribution in [1.29, 1.82) is 0 Å². The molecule has 8 heteroatoms. The molecular formula is C20H29ClN4O2S. The summed E-state index contributed by atoms with van der Waals surface area (Å²) in [7, 11) is -3.60. The van der Waals surface area contributed by atoms with Crippen molar-refractivity contribution in [2.45, 2.75) is 31.6 Å². The second kappa shape index (κ2) is 10.1. The third kappa shape index (κ3) is 5.59. The smallest absolute Gasteiger partial charge is 0.261 e. The van der Waals surface area contributed by atoms with Crippen LogP contribution >= 0.6 is 12.4 Å². The number of hydrogen-bond donors (Lipinski definition) is 1. The van der Waals surface area contributed by atoms with E-state index >= 15 is 0 Å². The van der Waals surface area contributed by atoms with Crippen molar-refractivity contribution in [3.8, 4) is 0 Å². The molecule has 2 aromatic rings. The molecule has 3 rings (SSSR count). The van der Waals surface area contributed by atoms with Crippen LogP contribution in [0.25, 0.3) is 0 Å². The van der Waals surface area contributed by atoms with Gasteiger partial charge < -0.3 is 4.90 Å². The van der Waals surface area contributed by atoms with Crippen LogP contribution in [0.5, 0.6) is 0 Å². The Morgan fingerprint density at radius 2 is 1.68 bits per heavy atom. The molecule has 28 heavy (non-hydrogen) atoms. The number of rotatable bonds is 7. The predicted octanol–water partition coefficient (Wildman–Crippen LogP) is 3.40. The highest BCUT2D eigenvalue weighted by Crippen LogP contribution is 2.20. The highest BCUT2D eigenvalue weighted by atomic mass is 35.5. The summed E-state index contributed by atoms with van der Waals surface area (Å²) in [6.45, 7) is 9.35. The SMILES string of the molecule is CCCN1CCN(c2ccc(NS(=O)(=O)c3ccc(CC)cc3)cn2)CC1.Cl. The zero-order chi connectivity index (χ0) is 19.3. The van der Waals surface area contributed by atoms with E-state index in [1.807, 2.05) is 25.1 Å². The summed E-state index contributed by atoms with van der Waals surface area (Å²) in [5, 5.41) is 0. The minimum absolute atomic E-state index is 0. The van der Waals surface area contributed by atoms with Crippen LogP contribution in [0.1, 0.15) is 25.8 Å².